The van der Waals surface area contributed by atoms with E-state index in [9.17, 15) is 9.59 Å². The molecule has 1 amide bonds. The Kier molecular flexibility index (Phi) is 9.74. The molecule has 0 radical (unpaired) electrons. The van der Waals surface area contributed by atoms with Gasteiger partial charge in [-0.05, 0) is 98.4 Å². The number of unbranched alkanes of at least 4 members (excludes halogenated alkanes) is 1. The van der Waals surface area contributed by atoms with E-state index in [1.807, 2.05) is 60.7 Å². The summed E-state index contributed by atoms with van der Waals surface area (Å²) in [5, 5.41) is 4.25. The van der Waals surface area contributed by atoms with E-state index < -0.39 is 0 Å². The summed E-state index contributed by atoms with van der Waals surface area (Å²) in [5.41, 5.74) is 5.50. The molecule has 0 unspecified atom stereocenters. The highest BCUT2D eigenvalue weighted by atomic mass is 16.5. The predicted molar refractivity (Wildman–Crippen MR) is 175 cm³/mol. The number of nitrogens with zero attached hydrogens (tertiary/aromatic N) is 1. The highest BCUT2D eigenvalue weighted by molar-refractivity contribution is 5.98. The number of aromatic amines is 1. The van der Waals surface area contributed by atoms with Gasteiger partial charge in [0.15, 0.2) is 16.9 Å². The van der Waals surface area contributed by atoms with Gasteiger partial charge >= 0.3 is 0 Å². The minimum atomic E-state index is -0.120. The summed E-state index contributed by atoms with van der Waals surface area (Å²) in [7, 11) is 5.48. The van der Waals surface area contributed by atoms with E-state index >= 15 is 0 Å². The number of methoxy groups -OCH3 is 2. The van der Waals surface area contributed by atoms with Crippen molar-refractivity contribution in [1.82, 2.24) is 9.88 Å². The molecule has 4 aromatic carbocycles. The fraction of sp³-hybridized carbons (Fsp3) is 0.278. The third-order valence-corrected chi connectivity index (χ3v) is 7.90. The minimum absolute atomic E-state index is 0.0246. The van der Waals surface area contributed by atoms with Crippen LogP contribution in [0.3, 0.4) is 0 Å². The summed E-state index contributed by atoms with van der Waals surface area (Å²) in [5.74, 6) is 1.40. The Labute approximate surface area is 252 Å². The van der Waals surface area contributed by atoms with Crippen LogP contribution in [-0.2, 0) is 24.1 Å². The number of hydrogen-bond acceptors (Lipinski definition) is 5. The van der Waals surface area contributed by atoms with E-state index in [0.29, 0.717) is 16.3 Å². The summed E-state index contributed by atoms with van der Waals surface area (Å²) in [6.07, 6.45) is 4.34. The zero-order valence-electron chi connectivity index (χ0n) is 25.1. The second-order valence-electron chi connectivity index (χ2n) is 11.0. The van der Waals surface area contributed by atoms with Crippen molar-refractivity contribution in [2.24, 2.45) is 0 Å². The zero-order valence-corrected chi connectivity index (χ0v) is 25.1. The van der Waals surface area contributed by atoms with E-state index in [2.05, 4.69) is 40.4 Å². The molecule has 0 saturated heterocycles. The number of hydrogen-bond donors (Lipinski definition) is 2. The number of fused-ring (bicyclic) bond motifs is 2. The van der Waals surface area contributed by atoms with Gasteiger partial charge in [-0.3, -0.25) is 9.59 Å². The molecule has 0 bridgehead atoms. The zero-order chi connectivity index (χ0) is 30.2. The number of H-pyrrole nitrogens is 1. The first-order valence-corrected chi connectivity index (χ1v) is 14.8. The van der Waals surface area contributed by atoms with Gasteiger partial charge in [-0.2, -0.15) is 0 Å². The Hall–Kier alpha value is -4.62. The Morgan fingerprint density at radius 3 is 2.33 bits per heavy atom. The van der Waals surface area contributed by atoms with Crippen molar-refractivity contribution < 1.29 is 14.3 Å². The maximum Gasteiger partial charge on any atom is 0.228 e. The van der Waals surface area contributed by atoms with Crippen LogP contribution in [0.2, 0.25) is 0 Å². The van der Waals surface area contributed by atoms with Crippen molar-refractivity contribution in [1.29, 1.82) is 0 Å². The number of likely N-dealkylation sites (N-methyl/N-ethyl adjacent to an activating group) is 1. The molecule has 43 heavy (non-hydrogen) atoms. The first kappa shape index (κ1) is 29.9. The Bertz CT molecular complexity index is 1760. The SMILES string of the molecule is COc1ccc(CCN(C)CCCCc2ccc(NC(=O)Cc3cccc4c(=O)c5ccccc5[nH]c34)cc2)cc1OC. The largest absolute Gasteiger partial charge is 0.493 e. The minimum Gasteiger partial charge on any atom is -0.493 e. The molecule has 0 atom stereocenters. The van der Waals surface area contributed by atoms with Gasteiger partial charge in [-0.15, -0.1) is 0 Å². The van der Waals surface area contributed by atoms with Crippen LogP contribution in [0.4, 0.5) is 5.69 Å². The molecule has 222 valence electrons. The van der Waals surface area contributed by atoms with Gasteiger partial charge in [0.2, 0.25) is 5.91 Å². The summed E-state index contributed by atoms with van der Waals surface area (Å²) in [4.78, 5) is 31.6. The van der Waals surface area contributed by atoms with E-state index in [4.69, 9.17) is 9.47 Å². The van der Waals surface area contributed by atoms with Crippen LogP contribution in [0, 0.1) is 0 Å². The van der Waals surface area contributed by atoms with Gasteiger partial charge in [-0.25, -0.2) is 0 Å². The quantitative estimate of drug-likeness (QED) is 0.125. The number of nitrogens with one attached hydrogen (secondary N) is 2. The fourth-order valence-electron chi connectivity index (χ4n) is 5.47. The molecule has 7 nitrogen and oxygen atoms in total. The molecule has 1 aromatic heterocycles. The van der Waals surface area contributed by atoms with Crippen molar-refractivity contribution in [3.63, 3.8) is 0 Å². The number of aromatic nitrogens is 1. The van der Waals surface area contributed by atoms with Gasteiger partial charge < -0.3 is 24.7 Å². The smallest absolute Gasteiger partial charge is 0.228 e. The number of benzene rings is 4. The Morgan fingerprint density at radius 2 is 1.53 bits per heavy atom. The second kappa shape index (κ2) is 14.0. The summed E-state index contributed by atoms with van der Waals surface area (Å²) >= 11 is 0. The normalized spacial score (nSPS) is 11.3. The van der Waals surface area contributed by atoms with Crippen molar-refractivity contribution in [2.45, 2.75) is 32.1 Å². The van der Waals surface area contributed by atoms with E-state index in [-0.39, 0.29) is 17.8 Å². The molecule has 0 saturated carbocycles. The lowest BCUT2D eigenvalue weighted by atomic mass is 10.0. The summed E-state index contributed by atoms with van der Waals surface area (Å²) < 4.78 is 10.7. The highest BCUT2D eigenvalue weighted by Crippen LogP contribution is 2.27. The Balaban J connectivity index is 1.07. The van der Waals surface area contributed by atoms with Gasteiger partial charge in [-0.1, -0.05) is 42.5 Å². The lowest BCUT2D eigenvalue weighted by Crippen LogP contribution is -2.22. The third-order valence-electron chi connectivity index (χ3n) is 7.90. The lowest BCUT2D eigenvalue weighted by Gasteiger charge is -2.17. The Morgan fingerprint density at radius 1 is 0.791 bits per heavy atom. The first-order valence-electron chi connectivity index (χ1n) is 14.8. The fourth-order valence-corrected chi connectivity index (χ4v) is 5.47. The molecule has 5 aromatic rings. The van der Waals surface area contributed by atoms with Crippen LogP contribution in [0.15, 0.2) is 89.7 Å². The van der Waals surface area contributed by atoms with Crippen molar-refractivity contribution in [3.05, 3.63) is 112 Å². The molecule has 1 heterocycles. The summed E-state index contributed by atoms with van der Waals surface area (Å²) in [6, 6.07) is 27.2. The number of carbonyl (C=O) groups excluding carboxylic acids is 1. The number of rotatable bonds is 13. The average Bonchev–Trinajstić information content (AvgIpc) is 3.03. The maximum atomic E-state index is 13.0. The number of ether oxygens (including phenoxy) is 2. The van der Waals surface area contributed by atoms with Crippen molar-refractivity contribution >= 4 is 33.4 Å². The third kappa shape index (κ3) is 7.43. The predicted octanol–water partition coefficient (Wildman–Crippen LogP) is 6.38. The molecule has 0 fully saturated rings. The molecular formula is C36H39N3O4. The van der Waals surface area contributed by atoms with Crippen molar-refractivity contribution in [2.75, 3.05) is 39.7 Å². The molecule has 2 N–H and O–H groups in total. The number of amides is 1. The first-order chi connectivity index (χ1) is 20.9. The van der Waals surface area contributed by atoms with Gasteiger partial charge in [0.05, 0.1) is 26.2 Å². The second-order valence-corrected chi connectivity index (χ2v) is 11.0. The molecule has 0 spiro atoms. The number of pyridine rings is 1. The number of para-hydroxylation sites is 2. The number of carbonyl (C=O) groups is 1. The van der Waals surface area contributed by atoms with E-state index in [1.54, 1.807) is 20.3 Å². The van der Waals surface area contributed by atoms with Gasteiger partial charge in [0, 0.05) is 28.5 Å². The van der Waals surface area contributed by atoms with Crippen LogP contribution >= 0.6 is 0 Å². The maximum absolute atomic E-state index is 13.0. The van der Waals surface area contributed by atoms with Crippen LogP contribution in [-0.4, -0.2) is 50.1 Å². The number of anilines is 1. The van der Waals surface area contributed by atoms with Gasteiger partial charge in [0.1, 0.15) is 0 Å². The van der Waals surface area contributed by atoms with Crippen LogP contribution < -0.4 is 20.2 Å². The standard InChI is InChI=1S/C36H39N3O4/c1-39(22-20-26-16-19-32(42-2)33(23-26)43-3)21-7-6-9-25-14-17-28(18-15-25)37-34(40)24-27-10-8-12-30-35(27)38-31-13-5-4-11-29(31)36(30)41/h4-5,8,10-19,23H,6-7,9,20-22,24H2,1-3H3,(H,37,40)(H,38,41). The highest BCUT2D eigenvalue weighted by Gasteiger charge is 2.12. The van der Waals surface area contributed by atoms with Crippen LogP contribution in [0.5, 0.6) is 11.5 Å². The van der Waals surface area contributed by atoms with E-state index in [0.717, 1.165) is 67.0 Å². The molecule has 0 aliphatic rings. The molecule has 5 rings (SSSR count). The lowest BCUT2D eigenvalue weighted by molar-refractivity contribution is -0.115. The molecule has 7 heteroatoms. The molecular weight excluding hydrogens is 538 g/mol. The number of aryl methyl sites for hydroxylation is 1. The van der Waals surface area contributed by atoms with Crippen LogP contribution in [0.25, 0.3) is 21.8 Å². The van der Waals surface area contributed by atoms with Crippen molar-refractivity contribution in [3.8, 4) is 11.5 Å². The topological polar surface area (TPSA) is 83.7 Å². The molecule has 0 aliphatic carbocycles. The van der Waals surface area contributed by atoms with Crippen LogP contribution in [0.1, 0.15) is 29.5 Å². The van der Waals surface area contributed by atoms with Gasteiger partial charge in [0.25, 0.3) is 0 Å². The summed E-state index contributed by atoms with van der Waals surface area (Å²) in [6.45, 7) is 2.02. The van der Waals surface area contributed by atoms with E-state index in [1.165, 1.54) is 11.1 Å². The monoisotopic (exact) mass is 577 g/mol. The average molecular weight is 578 g/mol. The molecule has 0 aliphatic heterocycles.